The number of hydrogen-bond acceptors (Lipinski definition) is 5. The van der Waals surface area contributed by atoms with E-state index in [1.807, 2.05) is 24.3 Å². The third-order valence-corrected chi connectivity index (χ3v) is 6.52. The minimum Gasteiger partial charge on any atom is -0.478 e. The number of carboxylic acids is 1. The summed E-state index contributed by atoms with van der Waals surface area (Å²) in [6.07, 6.45) is 1.16. The second kappa shape index (κ2) is 8.88. The maximum Gasteiger partial charge on any atom is 0.414 e. The molecule has 1 N–H and O–H groups in total. The molecular formula is C26H20N2O4S. The van der Waals surface area contributed by atoms with E-state index in [0.29, 0.717) is 5.69 Å². The standard InChI is InChI=1S/C26H20N2O4S/c29-25(30)17-6-5-7-18(12-17)28(14-19-13-27-16-33-19)26(31)32-15-24-22-10-3-1-8-20(22)21-9-2-4-11-23(21)24/h1-13,16,24H,14-15H2,(H,29,30). The summed E-state index contributed by atoms with van der Waals surface area (Å²) in [7, 11) is 0. The van der Waals surface area contributed by atoms with Gasteiger partial charge < -0.3 is 9.84 Å². The second-order valence-corrected chi connectivity index (χ2v) is 8.68. The van der Waals surface area contributed by atoms with Gasteiger partial charge in [0, 0.05) is 22.7 Å². The van der Waals surface area contributed by atoms with Gasteiger partial charge in [-0.05, 0) is 40.5 Å². The number of rotatable bonds is 6. The molecule has 1 amide bonds. The summed E-state index contributed by atoms with van der Waals surface area (Å²) < 4.78 is 5.83. The number of ether oxygens (including phenoxy) is 1. The Balaban J connectivity index is 1.41. The van der Waals surface area contributed by atoms with Crippen LogP contribution in [0.25, 0.3) is 11.1 Å². The van der Waals surface area contributed by atoms with Crippen LogP contribution >= 0.6 is 11.3 Å². The van der Waals surface area contributed by atoms with E-state index in [4.69, 9.17) is 4.74 Å². The molecule has 164 valence electrons. The van der Waals surface area contributed by atoms with E-state index in [9.17, 15) is 14.7 Å². The monoisotopic (exact) mass is 456 g/mol. The van der Waals surface area contributed by atoms with E-state index >= 15 is 0 Å². The number of thiazole rings is 1. The third-order valence-electron chi connectivity index (χ3n) is 5.76. The number of carboxylic acid groups (broad SMARTS) is 1. The van der Waals surface area contributed by atoms with Gasteiger partial charge in [0.1, 0.15) is 6.61 Å². The molecule has 4 aromatic rings. The summed E-state index contributed by atoms with van der Waals surface area (Å²) in [5.74, 6) is -1.11. The molecular weight excluding hydrogens is 436 g/mol. The van der Waals surface area contributed by atoms with Crippen LogP contribution in [0.4, 0.5) is 10.5 Å². The summed E-state index contributed by atoms with van der Waals surface area (Å²) >= 11 is 1.42. The molecule has 0 aliphatic heterocycles. The number of hydrogen-bond donors (Lipinski definition) is 1. The van der Waals surface area contributed by atoms with Crippen molar-refractivity contribution >= 4 is 29.1 Å². The lowest BCUT2D eigenvalue weighted by Crippen LogP contribution is -2.32. The van der Waals surface area contributed by atoms with Gasteiger partial charge in [-0.25, -0.2) is 9.59 Å². The van der Waals surface area contributed by atoms with E-state index in [1.165, 1.54) is 28.4 Å². The predicted octanol–water partition coefficient (Wildman–Crippen LogP) is 5.80. The van der Waals surface area contributed by atoms with Gasteiger partial charge in [0.25, 0.3) is 0 Å². The molecule has 0 radical (unpaired) electrons. The molecule has 1 aliphatic rings. The summed E-state index contributed by atoms with van der Waals surface area (Å²) in [6.45, 7) is 0.426. The van der Waals surface area contributed by atoms with Crippen LogP contribution in [0.3, 0.4) is 0 Å². The Hall–Kier alpha value is -3.97. The van der Waals surface area contributed by atoms with E-state index in [2.05, 4.69) is 29.2 Å². The third kappa shape index (κ3) is 4.10. The Morgan fingerprint density at radius 3 is 2.30 bits per heavy atom. The first kappa shape index (κ1) is 20.9. The first-order valence-electron chi connectivity index (χ1n) is 10.4. The van der Waals surface area contributed by atoms with Crippen molar-refractivity contribution in [3.8, 4) is 11.1 Å². The zero-order valence-corrected chi connectivity index (χ0v) is 18.4. The predicted molar refractivity (Wildman–Crippen MR) is 127 cm³/mol. The van der Waals surface area contributed by atoms with Crippen LogP contribution in [0, 0.1) is 0 Å². The molecule has 7 heteroatoms. The minimum absolute atomic E-state index is 0.0584. The van der Waals surface area contributed by atoms with Crippen LogP contribution in [-0.4, -0.2) is 28.8 Å². The van der Waals surface area contributed by atoms with Gasteiger partial charge in [0.05, 0.1) is 17.6 Å². The van der Waals surface area contributed by atoms with Crippen LogP contribution in [0.5, 0.6) is 0 Å². The van der Waals surface area contributed by atoms with Gasteiger partial charge in [-0.1, -0.05) is 54.6 Å². The smallest absolute Gasteiger partial charge is 0.414 e. The lowest BCUT2D eigenvalue weighted by atomic mass is 9.98. The van der Waals surface area contributed by atoms with Crippen molar-refractivity contribution < 1.29 is 19.4 Å². The van der Waals surface area contributed by atoms with Gasteiger partial charge in [-0.2, -0.15) is 0 Å². The molecule has 1 heterocycles. The molecule has 6 nitrogen and oxygen atoms in total. The van der Waals surface area contributed by atoms with E-state index in [0.717, 1.165) is 27.1 Å². The number of fused-ring (bicyclic) bond motifs is 3. The highest BCUT2D eigenvalue weighted by Crippen LogP contribution is 2.44. The molecule has 0 fully saturated rings. The van der Waals surface area contributed by atoms with Crippen molar-refractivity contribution in [2.45, 2.75) is 12.5 Å². The lowest BCUT2D eigenvalue weighted by molar-refractivity contribution is 0.0696. The van der Waals surface area contributed by atoms with E-state index in [-0.39, 0.29) is 24.6 Å². The molecule has 1 aliphatic carbocycles. The Morgan fingerprint density at radius 1 is 0.970 bits per heavy atom. The highest BCUT2D eigenvalue weighted by molar-refractivity contribution is 7.09. The number of aromatic carboxylic acids is 1. The largest absolute Gasteiger partial charge is 0.478 e. The molecule has 0 saturated carbocycles. The van der Waals surface area contributed by atoms with E-state index in [1.54, 1.807) is 23.8 Å². The lowest BCUT2D eigenvalue weighted by Gasteiger charge is -2.23. The molecule has 0 saturated heterocycles. The fourth-order valence-electron chi connectivity index (χ4n) is 4.22. The van der Waals surface area contributed by atoms with Gasteiger partial charge in [-0.15, -0.1) is 11.3 Å². The summed E-state index contributed by atoms with van der Waals surface area (Å²) in [4.78, 5) is 31.1. The van der Waals surface area contributed by atoms with E-state index < -0.39 is 12.1 Å². The van der Waals surface area contributed by atoms with Gasteiger partial charge in [-0.3, -0.25) is 9.88 Å². The van der Waals surface area contributed by atoms with Crippen LogP contribution in [0.1, 0.15) is 32.3 Å². The highest BCUT2D eigenvalue weighted by Gasteiger charge is 2.30. The average Bonchev–Trinajstić information content (AvgIpc) is 3.47. The number of aromatic nitrogens is 1. The van der Waals surface area contributed by atoms with Gasteiger partial charge >= 0.3 is 12.1 Å². The Bertz CT molecular complexity index is 1270. The maximum atomic E-state index is 13.3. The Labute approximate surface area is 194 Å². The topological polar surface area (TPSA) is 79.7 Å². The van der Waals surface area contributed by atoms with Crippen molar-refractivity contribution in [2.75, 3.05) is 11.5 Å². The van der Waals surface area contributed by atoms with Crippen LogP contribution < -0.4 is 4.90 Å². The molecule has 0 unspecified atom stereocenters. The number of carbonyl (C=O) groups excluding carboxylic acids is 1. The molecule has 33 heavy (non-hydrogen) atoms. The molecule has 5 rings (SSSR count). The number of amides is 1. The minimum atomic E-state index is -1.05. The normalized spacial score (nSPS) is 12.1. The molecule has 3 aromatic carbocycles. The fourth-order valence-corrected chi connectivity index (χ4v) is 4.80. The quantitative estimate of drug-likeness (QED) is 0.397. The van der Waals surface area contributed by atoms with Crippen LogP contribution in [-0.2, 0) is 11.3 Å². The maximum absolute atomic E-state index is 13.3. The Kier molecular flexibility index (Phi) is 5.62. The molecule has 0 bridgehead atoms. The fraction of sp³-hybridized carbons (Fsp3) is 0.115. The second-order valence-electron chi connectivity index (χ2n) is 7.71. The van der Waals surface area contributed by atoms with Crippen molar-refractivity contribution in [1.82, 2.24) is 4.98 Å². The van der Waals surface area contributed by atoms with Crippen LogP contribution in [0.2, 0.25) is 0 Å². The van der Waals surface area contributed by atoms with Crippen molar-refractivity contribution in [2.24, 2.45) is 0 Å². The zero-order valence-electron chi connectivity index (χ0n) is 17.5. The SMILES string of the molecule is O=C(O)c1cccc(N(Cc2cncs2)C(=O)OCC2c3ccccc3-c3ccccc32)c1. The number of anilines is 1. The number of nitrogens with zero attached hydrogens (tertiary/aromatic N) is 2. The first-order valence-corrected chi connectivity index (χ1v) is 11.3. The molecule has 0 spiro atoms. The molecule has 1 aromatic heterocycles. The summed E-state index contributed by atoms with van der Waals surface area (Å²) in [5, 5.41) is 9.38. The number of benzene rings is 3. The average molecular weight is 457 g/mol. The zero-order chi connectivity index (χ0) is 22.8. The van der Waals surface area contributed by atoms with Gasteiger partial charge in [0.15, 0.2) is 0 Å². The Morgan fingerprint density at radius 2 is 1.67 bits per heavy atom. The summed E-state index contributed by atoms with van der Waals surface area (Å²) in [6, 6.07) is 22.6. The summed E-state index contributed by atoms with van der Waals surface area (Å²) in [5.41, 5.74) is 6.84. The highest BCUT2D eigenvalue weighted by atomic mass is 32.1. The van der Waals surface area contributed by atoms with Crippen molar-refractivity contribution in [3.05, 3.63) is 106 Å². The van der Waals surface area contributed by atoms with Gasteiger partial charge in [0.2, 0.25) is 0 Å². The first-order chi connectivity index (χ1) is 16.1. The van der Waals surface area contributed by atoms with Crippen molar-refractivity contribution in [1.29, 1.82) is 0 Å². The molecule has 0 atom stereocenters. The van der Waals surface area contributed by atoms with Crippen LogP contribution in [0.15, 0.2) is 84.5 Å². The van der Waals surface area contributed by atoms with Crippen molar-refractivity contribution in [3.63, 3.8) is 0 Å². The number of carbonyl (C=O) groups is 2.